The summed E-state index contributed by atoms with van der Waals surface area (Å²) in [5.74, 6) is -0.857. The van der Waals surface area contributed by atoms with E-state index in [-0.39, 0.29) is 22.2 Å². The Bertz CT molecular complexity index is 643. The largest absolute Gasteiger partial charge is 0.294 e. The SMILES string of the molecule is O=C(Cc1ccc(Cl)c(Cl)c1)c1cccc(Br)c1F. The van der Waals surface area contributed by atoms with Crippen molar-refractivity contribution in [2.24, 2.45) is 0 Å². The lowest BCUT2D eigenvalue weighted by Gasteiger charge is -2.05. The molecule has 0 N–H and O–H groups in total. The molecule has 0 atom stereocenters. The van der Waals surface area contributed by atoms with Crippen molar-refractivity contribution in [1.29, 1.82) is 0 Å². The van der Waals surface area contributed by atoms with Crippen molar-refractivity contribution in [2.75, 3.05) is 0 Å². The first-order chi connectivity index (χ1) is 8.99. The molecule has 2 aromatic carbocycles. The second kappa shape index (κ2) is 6.04. The third-order valence-electron chi connectivity index (χ3n) is 2.60. The minimum Gasteiger partial charge on any atom is -0.294 e. The van der Waals surface area contributed by atoms with Gasteiger partial charge in [0.1, 0.15) is 5.82 Å². The lowest BCUT2D eigenvalue weighted by molar-refractivity contribution is 0.0989. The molecule has 0 spiro atoms. The van der Waals surface area contributed by atoms with Gasteiger partial charge in [0, 0.05) is 6.42 Å². The van der Waals surface area contributed by atoms with E-state index < -0.39 is 5.82 Å². The minimum atomic E-state index is -0.549. The number of carbonyl (C=O) groups is 1. The van der Waals surface area contributed by atoms with Crippen molar-refractivity contribution in [2.45, 2.75) is 6.42 Å². The number of hydrogen-bond acceptors (Lipinski definition) is 1. The summed E-state index contributed by atoms with van der Waals surface area (Å²) in [6.07, 6.45) is 0.0737. The van der Waals surface area contributed by atoms with Crippen molar-refractivity contribution < 1.29 is 9.18 Å². The summed E-state index contributed by atoms with van der Waals surface area (Å²) in [4.78, 5) is 12.0. The smallest absolute Gasteiger partial charge is 0.170 e. The number of rotatable bonds is 3. The van der Waals surface area contributed by atoms with Gasteiger partial charge in [0.25, 0.3) is 0 Å². The van der Waals surface area contributed by atoms with E-state index in [1.807, 2.05) is 0 Å². The van der Waals surface area contributed by atoms with Crippen LogP contribution in [-0.2, 0) is 6.42 Å². The third-order valence-corrected chi connectivity index (χ3v) is 3.95. The van der Waals surface area contributed by atoms with Gasteiger partial charge in [-0.05, 0) is 45.8 Å². The van der Waals surface area contributed by atoms with Crippen molar-refractivity contribution in [3.8, 4) is 0 Å². The third kappa shape index (κ3) is 3.35. The first-order valence-electron chi connectivity index (χ1n) is 5.40. The maximum atomic E-state index is 13.8. The van der Waals surface area contributed by atoms with Gasteiger partial charge in [-0.25, -0.2) is 4.39 Å². The van der Waals surface area contributed by atoms with E-state index in [2.05, 4.69) is 15.9 Å². The Kier molecular flexibility index (Phi) is 4.61. The Morgan fingerprint density at radius 2 is 1.89 bits per heavy atom. The molecule has 0 radical (unpaired) electrons. The van der Waals surface area contributed by atoms with E-state index in [0.717, 1.165) is 0 Å². The number of halogens is 4. The van der Waals surface area contributed by atoms with Gasteiger partial charge in [-0.3, -0.25) is 4.79 Å². The van der Waals surface area contributed by atoms with Gasteiger partial charge in [-0.15, -0.1) is 0 Å². The Balaban J connectivity index is 2.26. The van der Waals surface area contributed by atoms with E-state index in [1.165, 1.54) is 6.07 Å². The lowest BCUT2D eigenvalue weighted by Crippen LogP contribution is -2.06. The van der Waals surface area contributed by atoms with Crippen LogP contribution in [0.15, 0.2) is 40.9 Å². The Morgan fingerprint density at radius 1 is 1.16 bits per heavy atom. The van der Waals surface area contributed by atoms with Crippen LogP contribution in [0.2, 0.25) is 10.0 Å². The predicted octanol–water partition coefficient (Wildman–Crippen LogP) is 5.32. The number of benzene rings is 2. The van der Waals surface area contributed by atoms with Gasteiger partial charge in [-0.2, -0.15) is 0 Å². The highest BCUT2D eigenvalue weighted by molar-refractivity contribution is 9.10. The zero-order valence-electron chi connectivity index (χ0n) is 9.59. The van der Waals surface area contributed by atoms with E-state index >= 15 is 0 Å². The minimum absolute atomic E-state index is 0.0560. The van der Waals surface area contributed by atoms with Crippen LogP contribution in [0.4, 0.5) is 4.39 Å². The fourth-order valence-corrected chi connectivity index (χ4v) is 2.34. The molecule has 0 saturated heterocycles. The number of carbonyl (C=O) groups excluding carboxylic acids is 1. The molecule has 0 bridgehead atoms. The highest BCUT2D eigenvalue weighted by atomic mass is 79.9. The van der Waals surface area contributed by atoms with Crippen LogP contribution < -0.4 is 0 Å². The van der Waals surface area contributed by atoms with Gasteiger partial charge in [-0.1, -0.05) is 35.3 Å². The van der Waals surface area contributed by atoms with E-state index in [9.17, 15) is 9.18 Å². The molecule has 19 heavy (non-hydrogen) atoms. The van der Waals surface area contributed by atoms with Gasteiger partial charge < -0.3 is 0 Å². The Labute approximate surface area is 128 Å². The summed E-state index contributed by atoms with van der Waals surface area (Å²) >= 11 is 14.7. The van der Waals surface area contributed by atoms with E-state index in [1.54, 1.807) is 30.3 Å². The topological polar surface area (TPSA) is 17.1 Å². The second-order valence-corrected chi connectivity index (χ2v) is 5.62. The second-order valence-electron chi connectivity index (χ2n) is 3.95. The number of Topliss-reactive ketones (excluding diaryl/α,β-unsaturated/α-hetero) is 1. The van der Waals surface area contributed by atoms with E-state index in [0.29, 0.717) is 15.6 Å². The predicted molar refractivity (Wildman–Crippen MR) is 78.6 cm³/mol. The first kappa shape index (κ1) is 14.5. The molecule has 2 aromatic rings. The molecule has 0 aliphatic carbocycles. The molecule has 0 amide bonds. The number of ketones is 1. The highest BCUT2D eigenvalue weighted by Gasteiger charge is 2.14. The molecule has 2 rings (SSSR count). The summed E-state index contributed by atoms with van der Waals surface area (Å²) < 4.78 is 14.1. The maximum absolute atomic E-state index is 13.8. The highest BCUT2D eigenvalue weighted by Crippen LogP contribution is 2.24. The van der Waals surface area contributed by atoms with Crippen LogP contribution in [0, 0.1) is 5.82 Å². The molecular weight excluding hydrogens is 354 g/mol. The fourth-order valence-electron chi connectivity index (χ4n) is 1.65. The molecule has 1 nitrogen and oxygen atoms in total. The zero-order chi connectivity index (χ0) is 14.0. The van der Waals surface area contributed by atoms with Crippen molar-refractivity contribution in [1.82, 2.24) is 0 Å². The van der Waals surface area contributed by atoms with Gasteiger partial charge in [0.05, 0.1) is 20.1 Å². The molecule has 0 saturated carbocycles. The maximum Gasteiger partial charge on any atom is 0.170 e. The average Bonchev–Trinajstić information content (AvgIpc) is 2.37. The lowest BCUT2D eigenvalue weighted by atomic mass is 10.0. The molecule has 98 valence electrons. The van der Waals surface area contributed by atoms with Crippen LogP contribution in [0.25, 0.3) is 0 Å². The summed E-state index contributed by atoms with van der Waals surface area (Å²) in [6.45, 7) is 0. The van der Waals surface area contributed by atoms with Crippen LogP contribution in [0.5, 0.6) is 0 Å². The van der Waals surface area contributed by atoms with Crippen molar-refractivity contribution >= 4 is 44.9 Å². The standard InChI is InChI=1S/C14H8BrCl2FO/c15-10-3-1-2-9(14(10)18)13(19)7-8-4-5-11(16)12(17)6-8/h1-6H,7H2. The van der Waals surface area contributed by atoms with Crippen LogP contribution in [-0.4, -0.2) is 5.78 Å². The van der Waals surface area contributed by atoms with Gasteiger partial charge in [0.2, 0.25) is 0 Å². The number of hydrogen-bond donors (Lipinski definition) is 0. The molecule has 0 unspecified atom stereocenters. The molecule has 0 fully saturated rings. The average molecular weight is 362 g/mol. The summed E-state index contributed by atoms with van der Waals surface area (Å²) in [5.41, 5.74) is 0.749. The van der Waals surface area contributed by atoms with Crippen LogP contribution in [0.1, 0.15) is 15.9 Å². The monoisotopic (exact) mass is 360 g/mol. The quantitative estimate of drug-likeness (QED) is 0.676. The first-order valence-corrected chi connectivity index (χ1v) is 6.95. The Hall–Kier alpha value is -0.900. The molecule has 0 aromatic heterocycles. The molecule has 0 aliphatic heterocycles. The molecular formula is C14H8BrCl2FO. The Morgan fingerprint density at radius 3 is 2.58 bits per heavy atom. The zero-order valence-corrected chi connectivity index (χ0v) is 12.7. The summed E-state index contributed by atoms with van der Waals surface area (Å²) in [7, 11) is 0. The van der Waals surface area contributed by atoms with Crippen LogP contribution >= 0.6 is 39.1 Å². The van der Waals surface area contributed by atoms with Crippen molar-refractivity contribution in [3.63, 3.8) is 0 Å². The fraction of sp³-hybridized carbons (Fsp3) is 0.0714. The van der Waals surface area contributed by atoms with Crippen LogP contribution in [0.3, 0.4) is 0 Å². The van der Waals surface area contributed by atoms with Gasteiger partial charge >= 0.3 is 0 Å². The van der Waals surface area contributed by atoms with Crippen molar-refractivity contribution in [3.05, 3.63) is 67.9 Å². The molecule has 0 aliphatic rings. The summed E-state index contributed by atoms with van der Waals surface area (Å²) in [5, 5.41) is 0.799. The summed E-state index contributed by atoms with van der Waals surface area (Å²) in [6, 6.07) is 9.55. The van der Waals surface area contributed by atoms with Gasteiger partial charge in [0.15, 0.2) is 5.78 Å². The van der Waals surface area contributed by atoms with E-state index in [4.69, 9.17) is 23.2 Å². The molecule has 0 heterocycles. The normalized spacial score (nSPS) is 10.5. The molecule has 5 heteroatoms.